The highest BCUT2D eigenvalue weighted by Crippen LogP contribution is 2.11. The maximum absolute atomic E-state index is 11.1. The second kappa shape index (κ2) is 10.1. The van der Waals surface area contributed by atoms with Crippen LogP contribution >= 0.6 is 24.0 Å². The molecule has 0 aliphatic carbocycles. The zero-order valence-corrected chi connectivity index (χ0v) is 18.0. The number of benzene rings is 1. The lowest BCUT2D eigenvalue weighted by atomic mass is 10.1. The van der Waals surface area contributed by atoms with Crippen LogP contribution in [0.2, 0.25) is 0 Å². The number of nitrogens with two attached hydrogens (primary N) is 1. The molecule has 142 valence electrons. The van der Waals surface area contributed by atoms with Gasteiger partial charge in [0, 0.05) is 37.0 Å². The first-order valence-corrected chi connectivity index (χ1v) is 8.32. The number of aromatic nitrogens is 2. The van der Waals surface area contributed by atoms with Crippen molar-refractivity contribution in [2.75, 3.05) is 6.54 Å². The fourth-order valence-electron chi connectivity index (χ4n) is 2.53. The maximum atomic E-state index is 11.1. The molecule has 1 aromatic carbocycles. The van der Waals surface area contributed by atoms with E-state index < -0.39 is 5.91 Å². The summed E-state index contributed by atoms with van der Waals surface area (Å²) < 4.78 is 1.89. The summed E-state index contributed by atoms with van der Waals surface area (Å²) in [6.07, 6.45) is 0. The van der Waals surface area contributed by atoms with Crippen molar-refractivity contribution in [2.45, 2.75) is 33.9 Å². The zero-order chi connectivity index (χ0) is 18.4. The van der Waals surface area contributed by atoms with Crippen molar-refractivity contribution in [3.05, 3.63) is 52.3 Å². The lowest BCUT2D eigenvalue weighted by Crippen LogP contribution is -2.37. The quantitative estimate of drug-likeness (QED) is 0.342. The predicted octanol–water partition coefficient (Wildman–Crippen LogP) is 2.01. The molecule has 0 saturated heterocycles. The summed E-state index contributed by atoms with van der Waals surface area (Å²) in [6, 6.07) is 7.16. The number of aliphatic imine (C=N–C) groups is 1. The third-order valence-electron chi connectivity index (χ3n) is 4.09. The predicted molar refractivity (Wildman–Crippen MR) is 115 cm³/mol. The van der Waals surface area contributed by atoms with Crippen LogP contribution in [0.15, 0.2) is 29.3 Å². The fraction of sp³-hybridized carbons (Fsp3) is 0.389. The molecule has 8 heteroatoms. The number of aryl methyl sites for hydroxylation is 2. The molecule has 0 spiro atoms. The van der Waals surface area contributed by atoms with Gasteiger partial charge in [0.25, 0.3) is 0 Å². The maximum Gasteiger partial charge on any atom is 0.248 e. The molecule has 1 aromatic heterocycles. The van der Waals surface area contributed by atoms with Gasteiger partial charge in [-0.25, -0.2) is 4.99 Å². The molecule has 1 heterocycles. The number of nitrogens with one attached hydrogen (secondary N) is 2. The molecule has 2 rings (SSSR count). The minimum Gasteiger partial charge on any atom is -0.366 e. The van der Waals surface area contributed by atoms with Gasteiger partial charge in [-0.05, 0) is 38.5 Å². The number of hydrogen-bond donors (Lipinski definition) is 3. The number of carbonyl (C=O) groups is 1. The van der Waals surface area contributed by atoms with E-state index in [4.69, 9.17) is 5.73 Å². The second-order valence-electron chi connectivity index (χ2n) is 5.88. The fourth-order valence-corrected chi connectivity index (χ4v) is 2.53. The van der Waals surface area contributed by atoms with E-state index in [1.54, 1.807) is 12.1 Å². The van der Waals surface area contributed by atoms with Crippen LogP contribution in [0.1, 0.15) is 39.8 Å². The van der Waals surface area contributed by atoms with Crippen molar-refractivity contribution in [1.82, 2.24) is 20.4 Å². The Kier molecular flexibility index (Phi) is 8.56. The van der Waals surface area contributed by atoms with Crippen molar-refractivity contribution < 1.29 is 4.79 Å². The van der Waals surface area contributed by atoms with Gasteiger partial charge in [0.15, 0.2) is 5.96 Å². The first-order valence-electron chi connectivity index (χ1n) is 8.32. The number of halogens is 1. The zero-order valence-electron chi connectivity index (χ0n) is 15.7. The lowest BCUT2D eigenvalue weighted by molar-refractivity contribution is 0.100. The van der Waals surface area contributed by atoms with E-state index in [1.807, 2.05) is 37.7 Å². The largest absolute Gasteiger partial charge is 0.366 e. The Morgan fingerprint density at radius 1 is 1.23 bits per heavy atom. The topological polar surface area (TPSA) is 97.3 Å². The molecule has 0 unspecified atom stereocenters. The van der Waals surface area contributed by atoms with Crippen LogP contribution in [0.4, 0.5) is 0 Å². The van der Waals surface area contributed by atoms with Crippen molar-refractivity contribution in [3.8, 4) is 0 Å². The Bertz CT molecular complexity index is 767. The number of carbonyl (C=O) groups excluding carboxylic acids is 1. The number of hydrogen-bond acceptors (Lipinski definition) is 3. The number of guanidine groups is 1. The van der Waals surface area contributed by atoms with Crippen molar-refractivity contribution in [2.24, 2.45) is 17.8 Å². The standard InChI is InChI=1S/C18H26N6O.HI/c1-5-20-18(22-11-16-12(2)23-24(4)13(16)3)21-10-14-6-8-15(9-7-14)17(19)25;/h6-9H,5,10-11H2,1-4H3,(H2,19,25)(H2,20,21,22);1H. The van der Waals surface area contributed by atoms with Gasteiger partial charge in [0.05, 0.1) is 12.2 Å². The lowest BCUT2D eigenvalue weighted by Gasteiger charge is -2.12. The highest BCUT2D eigenvalue weighted by molar-refractivity contribution is 14.0. The average molecular weight is 470 g/mol. The summed E-state index contributed by atoms with van der Waals surface area (Å²) in [5.74, 6) is 0.316. The van der Waals surface area contributed by atoms with Gasteiger partial charge < -0.3 is 16.4 Å². The van der Waals surface area contributed by atoms with Crippen LogP contribution in [-0.2, 0) is 20.1 Å². The molecule has 0 atom stereocenters. The first kappa shape index (κ1) is 21.9. The third-order valence-corrected chi connectivity index (χ3v) is 4.09. The van der Waals surface area contributed by atoms with Crippen molar-refractivity contribution >= 4 is 35.8 Å². The molecule has 4 N–H and O–H groups in total. The summed E-state index contributed by atoms with van der Waals surface area (Å²) >= 11 is 0. The average Bonchev–Trinajstić information content (AvgIpc) is 2.83. The molecule has 0 radical (unpaired) electrons. The summed E-state index contributed by atoms with van der Waals surface area (Å²) in [7, 11) is 1.95. The van der Waals surface area contributed by atoms with Gasteiger partial charge in [0.1, 0.15) is 0 Å². The summed E-state index contributed by atoms with van der Waals surface area (Å²) in [6.45, 7) is 8.05. The van der Waals surface area contributed by atoms with Crippen LogP contribution in [0, 0.1) is 13.8 Å². The van der Waals surface area contributed by atoms with E-state index in [0.717, 1.165) is 29.5 Å². The monoisotopic (exact) mass is 470 g/mol. The van der Waals surface area contributed by atoms with Gasteiger partial charge >= 0.3 is 0 Å². The highest BCUT2D eigenvalue weighted by Gasteiger charge is 2.09. The van der Waals surface area contributed by atoms with Gasteiger partial charge in [-0.1, -0.05) is 12.1 Å². The summed E-state index contributed by atoms with van der Waals surface area (Å²) in [4.78, 5) is 15.7. The van der Waals surface area contributed by atoms with E-state index >= 15 is 0 Å². The number of rotatable bonds is 6. The number of primary amides is 1. The molecule has 2 aromatic rings. The highest BCUT2D eigenvalue weighted by atomic mass is 127. The van der Waals surface area contributed by atoms with Gasteiger partial charge in [-0.15, -0.1) is 24.0 Å². The Morgan fingerprint density at radius 2 is 1.88 bits per heavy atom. The Morgan fingerprint density at radius 3 is 2.38 bits per heavy atom. The van der Waals surface area contributed by atoms with Gasteiger partial charge in [0.2, 0.25) is 5.91 Å². The minimum absolute atomic E-state index is 0. The SMILES string of the molecule is CCNC(=NCc1ccc(C(N)=O)cc1)NCc1c(C)nn(C)c1C.I. The van der Waals surface area contributed by atoms with Gasteiger partial charge in [-0.3, -0.25) is 9.48 Å². The molecule has 0 fully saturated rings. The molecule has 0 bridgehead atoms. The molecule has 0 aliphatic rings. The van der Waals surface area contributed by atoms with Crippen LogP contribution in [0.25, 0.3) is 0 Å². The van der Waals surface area contributed by atoms with Crippen LogP contribution in [0.3, 0.4) is 0 Å². The van der Waals surface area contributed by atoms with Crippen molar-refractivity contribution in [1.29, 1.82) is 0 Å². The molecule has 0 aliphatic heterocycles. The molecule has 7 nitrogen and oxygen atoms in total. The normalized spacial score (nSPS) is 11.0. The van der Waals surface area contributed by atoms with Crippen molar-refractivity contribution in [3.63, 3.8) is 0 Å². The van der Waals surface area contributed by atoms with E-state index in [0.29, 0.717) is 18.7 Å². The molecule has 26 heavy (non-hydrogen) atoms. The minimum atomic E-state index is -0.424. The first-order chi connectivity index (χ1) is 11.9. The molecular weight excluding hydrogens is 443 g/mol. The smallest absolute Gasteiger partial charge is 0.248 e. The second-order valence-corrected chi connectivity index (χ2v) is 5.88. The van der Waals surface area contributed by atoms with Crippen LogP contribution in [-0.4, -0.2) is 28.2 Å². The van der Waals surface area contributed by atoms with Crippen LogP contribution in [0.5, 0.6) is 0 Å². The summed E-state index contributed by atoms with van der Waals surface area (Å²) in [5, 5.41) is 11.0. The van der Waals surface area contributed by atoms with Gasteiger partial charge in [-0.2, -0.15) is 5.10 Å². The summed E-state index contributed by atoms with van der Waals surface area (Å²) in [5.41, 5.74) is 10.1. The van der Waals surface area contributed by atoms with E-state index in [2.05, 4.69) is 27.6 Å². The number of nitrogens with zero attached hydrogens (tertiary/aromatic N) is 3. The molecule has 1 amide bonds. The van der Waals surface area contributed by atoms with Crippen LogP contribution < -0.4 is 16.4 Å². The Labute approximate surface area is 171 Å². The Hall–Kier alpha value is -2.10. The van der Waals surface area contributed by atoms with E-state index in [9.17, 15) is 4.79 Å². The molecule has 0 saturated carbocycles. The van der Waals surface area contributed by atoms with E-state index in [1.165, 1.54) is 5.56 Å². The number of amides is 1. The molecular formula is C18H27IN6O. The Balaban J connectivity index is 0.00000338. The third kappa shape index (κ3) is 5.72. The van der Waals surface area contributed by atoms with E-state index in [-0.39, 0.29) is 24.0 Å².